The molecular weight excluding hydrogens is 333 g/mol. The maximum Gasteiger partial charge on any atom is 0.137 e. The van der Waals surface area contributed by atoms with Crippen molar-refractivity contribution < 1.29 is 9.13 Å². The van der Waals surface area contributed by atoms with Crippen molar-refractivity contribution in [2.24, 2.45) is 5.41 Å². The Labute approximate surface area is 136 Å². The first-order valence-corrected chi connectivity index (χ1v) is 8.29. The summed E-state index contributed by atoms with van der Waals surface area (Å²) in [5.41, 5.74) is 1.14. The number of rotatable bonds is 7. The molecule has 1 aromatic carbocycles. The van der Waals surface area contributed by atoms with E-state index < -0.39 is 0 Å². The Kier molecular flexibility index (Phi) is 7.31. The van der Waals surface area contributed by atoms with Gasteiger partial charge in [-0.3, -0.25) is 0 Å². The first-order chi connectivity index (χ1) is 9.79. The topological polar surface area (TPSA) is 21.3 Å². The molecule has 0 amide bonds. The first kappa shape index (κ1) is 18.6. The fourth-order valence-corrected chi connectivity index (χ4v) is 3.08. The second-order valence-corrected chi connectivity index (χ2v) is 7.39. The highest BCUT2D eigenvalue weighted by molar-refractivity contribution is 9.10. The molecule has 0 aliphatic heterocycles. The summed E-state index contributed by atoms with van der Waals surface area (Å²) in [6, 6.07) is 5.41. The third-order valence-electron chi connectivity index (χ3n) is 3.57. The lowest BCUT2D eigenvalue weighted by Gasteiger charge is -2.36. The summed E-state index contributed by atoms with van der Waals surface area (Å²) in [5, 5.41) is 3.58. The molecule has 0 heterocycles. The standard InChI is InChI=1S/C17H27BrFNO/c1-6-9-20-15(16(21-5)17(2,3)4)11-12-7-8-14(19)13(18)10-12/h7-8,10,15-16,20H,6,9,11H2,1-5H3. The molecule has 0 bridgehead atoms. The highest BCUT2D eigenvalue weighted by Crippen LogP contribution is 2.27. The van der Waals surface area contributed by atoms with Crippen molar-refractivity contribution in [2.45, 2.75) is 52.7 Å². The number of nitrogens with one attached hydrogen (secondary N) is 1. The lowest BCUT2D eigenvalue weighted by molar-refractivity contribution is -0.0109. The average molecular weight is 360 g/mol. The van der Waals surface area contributed by atoms with Gasteiger partial charge >= 0.3 is 0 Å². The van der Waals surface area contributed by atoms with Crippen LogP contribution in [0.1, 0.15) is 39.7 Å². The van der Waals surface area contributed by atoms with Crippen LogP contribution in [0.5, 0.6) is 0 Å². The maximum atomic E-state index is 13.4. The molecule has 0 aromatic heterocycles. The van der Waals surface area contributed by atoms with Crippen molar-refractivity contribution in [1.29, 1.82) is 0 Å². The Morgan fingerprint density at radius 2 is 2.00 bits per heavy atom. The number of hydrogen-bond donors (Lipinski definition) is 1. The van der Waals surface area contributed by atoms with Crippen LogP contribution in [0.4, 0.5) is 4.39 Å². The van der Waals surface area contributed by atoms with Crippen molar-refractivity contribution in [1.82, 2.24) is 5.32 Å². The molecule has 2 unspecified atom stereocenters. The van der Waals surface area contributed by atoms with Gasteiger partial charge < -0.3 is 10.1 Å². The molecule has 2 nitrogen and oxygen atoms in total. The van der Waals surface area contributed by atoms with E-state index in [0.717, 1.165) is 24.9 Å². The highest BCUT2D eigenvalue weighted by atomic mass is 79.9. The van der Waals surface area contributed by atoms with E-state index in [2.05, 4.69) is 48.9 Å². The van der Waals surface area contributed by atoms with Crippen LogP contribution in [-0.4, -0.2) is 25.8 Å². The molecule has 120 valence electrons. The lowest BCUT2D eigenvalue weighted by atomic mass is 9.82. The zero-order valence-electron chi connectivity index (χ0n) is 13.7. The van der Waals surface area contributed by atoms with E-state index in [4.69, 9.17) is 4.74 Å². The Balaban J connectivity index is 2.93. The van der Waals surface area contributed by atoms with Crippen LogP contribution in [0.3, 0.4) is 0 Å². The Hall–Kier alpha value is -0.450. The average Bonchev–Trinajstić information content (AvgIpc) is 2.39. The van der Waals surface area contributed by atoms with Gasteiger partial charge in [-0.2, -0.15) is 0 Å². The fourth-order valence-electron chi connectivity index (χ4n) is 2.66. The molecule has 0 saturated heterocycles. The summed E-state index contributed by atoms with van der Waals surface area (Å²) >= 11 is 3.26. The van der Waals surface area contributed by atoms with E-state index in [1.807, 2.05) is 12.1 Å². The van der Waals surface area contributed by atoms with Crippen molar-refractivity contribution in [3.8, 4) is 0 Å². The van der Waals surface area contributed by atoms with Crippen molar-refractivity contribution in [3.05, 3.63) is 34.1 Å². The molecule has 0 spiro atoms. The highest BCUT2D eigenvalue weighted by Gasteiger charge is 2.32. The molecule has 0 fully saturated rings. The van der Waals surface area contributed by atoms with Gasteiger partial charge in [-0.25, -0.2) is 4.39 Å². The Morgan fingerprint density at radius 1 is 1.33 bits per heavy atom. The van der Waals surface area contributed by atoms with Gasteiger partial charge in [0.1, 0.15) is 5.82 Å². The van der Waals surface area contributed by atoms with Gasteiger partial charge in [0.15, 0.2) is 0 Å². The van der Waals surface area contributed by atoms with Gasteiger partial charge in [0.2, 0.25) is 0 Å². The van der Waals surface area contributed by atoms with Crippen LogP contribution >= 0.6 is 15.9 Å². The van der Waals surface area contributed by atoms with Gasteiger partial charge in [0.25, 0.3) is 0 Å². The van der Waals surface area contributed by atoms with Crippen LogP contribution in [0.25, 0.3) is 0 Å². The summed E-state index contributed by atoms with van der Waals surface area (Å²) in [7, 11) is 1.76. The van der Waals surface area contributed by atoms with Crippen molar-refractivity contribution in [2.75, 3.05) is 13.7 Å². The predicted octanol–water partition coefficient (Wildman–Crippen LogP) is 4.56. The Morgan fingerprint density at radius 3 is 2.48 bits per heavy atom. The molecule has 21 heavy (non-hydrogen) atoms. The number of methoxy groups -OCH3 is 1. The van der Waals surface area contributed by atoms with Gasteiger partial charge in [0.05, 0.1) is 10.6 Å². The molecule has 1 rings (SSSR count). The van der Waals surface area contributed by atoms with Gasteiger partial charge in [-0.15, -0.1) is 0 Å². The molecular formula is C17H27BrFNO. The molecule has 0 saturated carbocycles. The number of hydrogen-bond acceptors (Lipinski definition) is 2. The summed E-state index contributed by atoms with van der Waals surface area (Å²) in [6.45, 7) is 9.65. The van der Waals surface area contributed by atoms with Crippen LogP contribution in [0, 0.1) is 11.2 Å². The minimum Gasteiger partial charge on any atom is -0.379 e. The molecule has 1 N–H and O–H groups in total. The zero-order chi connectivity index (χ0) is 16.0. The van der Waals surface area contributed by atoms with Crippen LogP contribution in [0.2, 0.25) is 0 Å². The lowest BCUT2D eigenvalue weighted by Crippen LogP contribution is -2.49. The second-order valence-electron chi connectivity index (χ2n) is 6.54. The first-order valence-electron chi connectivity index (χ1n) is 7.49. The summed E-state index contributed by atoms with van der Waals surface area (Å²) in [5.74, 6) is -0.226. The second kappa shape index (κ2) is 8.25. The third kappa shape index (κ3) is 5.68. The minimum absolute atomic E-state index is 0.0391. The number of ether oxygens (including phenoxy) is 1. The molecule has 4 heteroatoms. The zero-order valence-corrected chi connectivity index (χ0v) is 15.3. The van der Waals surface area contributed by atoms with Crippen LogP contribution in [0.15, 0.2) is 22.7 Å². The van der Waals surface area contributed by atoms with Gasteiger partial charge in [-0.05, 0) is 58.4 Å². The van der Waals surface area contributed by atoms with Gasteiger partial charge in [-0.1, -0.05) is 33.8 Å². The summed E-state index contributed by atoms with van der Waals surface area (Å²) in [4.78, 5) is 0. The van der Waals surface area contributed by atoms with E-state index in [0.29, 0.717) is 4.47 Å². The Bertz CT molecular complexity index is 445. The molecule has 2 atom stereocenters. The maximum absolute atomic E-state index is 13.4. The largest absolute Gasteiger partial charge is 0.379 e. The van der Waals surface area contributed by atoms with E-state index >= 15 is 0 Å². The molecule has 1 aromatic rings. The van der Waals surface area contributed by atoms with Crippen molar-refractivity contribution >= 4 is 15.9 Å². The third-order valence-corrected chi connectivity index (χ3v) is 4.18. The predicted molar refractivity (Wildman–Crippen MR) is 90.1 cm³/mol. The SMILES string of the molecule is CCCNC(Cc1ccc(F)c(Br)c1)C(OC)C(C)(C)C. The summed E-state index contributed by atoms with van der Waals surface area (Å²) < 4.78 is 19.6. The number of benzene rings is 1. The number of halogens is 2. The van der Waals surface area contributed by atoms with E-state index in [9.17, 15) is 4.39 Å². The quantitative estimate of drug-likeness (QED) is 0.770. The smallest absolute Gasteiger partial charge is 0.137 e. The van der Waals surface area contributed by atoms with Crippen LogP contribution < -0.4 is 5.32 Å². The normalized spacial score (nSPS) is 15.0. The van der Waals surface area contributed by atoms with E-state index in [1.165, 1.54) is 6.07 Å². The molecule has 0 aliphatic carbocycles. The van der Waals surface area contributed by atoms with Crippen LogP contribution in [-0.2, 0) is 11.2 Å². The van der Waals surface area contributed by atoms with Gasteiger partial charge in [0, 0.05) is 13.2 Å². The molecule has 0 radical (unpaired) electrons. The summed E-state index contributed by atoms with van der Waals surface area (Å²) in [6.07, 6.45) is 1.98. The monoisotopic (exact) mass is 359 g/mol. The fraction of sp³-hybridized carbons (Fsp3) is 0.647. The molecule has 0 aliphatic rings. The van der Waals surface area contributed by atoms with E-state index in [-0.39, 0.29) is 23.4 Å². The minimum atomic E-state index is -0.226. The van der Waals surface area contributed by atoms with Crippen molar-refractivity contribution in [3.63, 3.8) is 0 Å². The van der Waals surface area contributed by atoms with E-state index in [1.54, 1.807) is 7.11 Å².